The number of benzene rings is 1. The third-order valence-electron chi connectivity index (χ3n) is 3.82. The normalized spacial score (nSPS) is 23.9. The number of Topliss-reactive ketones (excluding diaryl/α,β-unsaturated/α-hetero) is 1. The third kappa shape index (κ3) is 2.39. The molecule has 1 aromatic rings. The first-order valence-corrected chi connectivity index (χ1v) is 6.15. The predicted molar refractivity (Wildman–Crippen MR) is 65.3 cm³/mol. The average Bonchev–Trinajstić information content (AvgIpc) is 2.82. The number of hydrogen-bond acceptors (Lipinski definition) is 2. The molecule has 17 heavy (non-hydrogen) atoms. The van der Waals surface area contributed by atoms with Gasteiger partial charge in [-0.3, -0.25) is 4.79 Å². The summed E-state index contributed by atoms with van der Waals surface area (Å²) in [4.78, 5) is 12.3. The van der Waals surface area contributed by atoms with E-state index in [0.29, 0.717) is 5.56 Å². The van der Waals surface area contributed by atoms with Crippen LogP contribution in [0.3, 0.4) is 0 Å². The van der Waals surface area contributed by atoms with Crippen LogP contribution in [0.15, 0.2) is 24.3 Å². The van der Waals surface area contributed by atoms with Gasteiger partial charge in [0, 0.05) is 18.4 Å². The summed E-state index contributed by atoms with van der Waals surface area (Å²) in [5, 5.41) is 3.23. The molecule has 0 saturated carbocycles. The summed E-state index contributed by atoms with van der Waals surface area (Å²) in [7, 11) is 0. The van der Waals surface area contributed by atoms with Gasteiger partial charge in [0.1, 0.15) is 11.6 Å². The average molecular weight is 235 g/mol. The van der Waals surface area contributed by atoms with Gasteiger partial charge in [0.25, 0.3) is 0 Å². The predicted octanol–water partition coefficient (Wildman–Crippen LogP) is 2.33. The van der Waals surface area contributed by atoms with E-state index in [1.165, 1.54) is 6.07 Å². The van der Waals surface area contributed by atoms with E-state index in [-0.39, 0.29) is 23.4 Å². The van der Waals surface area contributed by atoms with Crippen molar-refractivity contribution in [3.63, 3.8) is 0 Å². The summed E-state index contributed by atoms with van der Waals surface area (Å²) in [6, 6.07) is 6.53. The van der Waals surface area contributed by atoms with Crippen LogP contribution < -0.4 is 5.32 Å². The van der Waals surface area contributed by atoms with Crippen LogP contribution in [-0.4, -0.2) is 18.9 Å². The highest BCUT2D eigenvalue weighted by Gasteiger charge is 2.38. The molecule has 1 aliphatic rings. The van der Waals surface area contributed by atoms with E-state index in [9.17, 15) is 9.18 Å². The first-order valence-electron chi connectivity index (χ1n) is 6.15. The highest BCUT2D eigenvalue weighted by molar-refractivity contribution is 5.87. The van der Waals surface area contributed by atoms with Gasteiger partial charge in [0.05, 0.1) is 0 Å². The molecule has 1 N–H and O–H groups in total. The molecule has 2 rings (SSSR count). The molecular weight excluding hydrogens is 217 g/mol. The second-order valence-electron chi connectivity index (χ2n) is 4.75. The van der Waals surface area contributed by atoms with Crippen LogP contribution in [0.5, 0.6) is 0 Å². The Bertz CT molecular complexity index is 410. The van der Waals surface area contributed by atoms with Crippen LogP contribution in [0.4, 0.5) is 4.39 Å². The topological polar surface area (TPSA) is 29.1 Å². The van der Waals surface area contributed by atoms with E-state index in [1.54, 1.807) is 18.2 Å². The van der Waals surface area contributed by atoms with Crippen LogP contribution in [0.2, 0.25) is 0 Å². The van der Waals surface area contributed by atoms with Gasteiger partial charge in [-0.15, -0.1) is 0 Å². The minimum atomic E-state index is -0.280. The van der Waals surface area contributed by atoms with Crippen molar-refractivity contribution in [2.75, 3.05) is 13.1 Å². The summed E-state index contributed by atoms with van der Waals surface area (Å²) in [6.07, 6.45) is 1.91. The van der Waals surface area contributed by atoms with Crippen molar-refractivity contribution < 1.29 is 9.18 Å². The number of rotatable bonds is 4. The summed E-state index contributed by atoms with van der Waals surface area (Å²) in [5.74, 6) is -0.117. The maximum absolute atomic E-state index is 13.5. The molecule has 92 valence electrons. The number of halogens is 1. The van der Waals surface area contributed by atoms with Gasteiger partial charge in [-0.25, -0.2) is 4.39 Å². The fourth-order valence-corrected chi connectivity index (χ4v) is 2.48. The Morgan fingerprint density at radius 2 is 2.24 bits per heavy atom. The van der Waals surface area contributed by atoms with E-state index in [4.69, 9.17) is 0 Å². The van der Waals surface area contributed by atoms with E-state index in [2.05, 4.69) is 5.32 Å². The van der Waals surface area contributed by atoms with Crippen molar-refractivity contribution in [3.8, 4) is 0 Å². The first kappa shape index (κ1) is 12.2. The van der Waals surface area contributed by atoms with E-state index < -0.39 is 0 Å². The first-order chi connectivity index (χ1) is 8.18. The maximum Gasteiger partial charge on any atom is 0.144 e. The van der Waals surface area contributed by atoms with Crippen molar-refractivity contribution in [1.82, 2.24) is 5.32 Å². The lowest BCUT2D eigenvalue weighted by molar-refractivity contribution is -0.127. The van der Waals surface area contributed by atoms with Gasteiger partial charge in [-0.05, 0) is 31.0 Å². The van der Waals surface area contributed by atoms with E-state index >= 15 is 0 Å². The molecule has 0 bridgehead atoms. The Kier molecular flexibility index (Phi) is 3.57. The Morgan fingerprint density at radius 3 is 2.82 bits per heavy atom. The van der Waals surface area contributed by atoms with E-state index in [0.717, 1.165) is 25.9 Å². The van der Waals surface area contributed by atoms with Crippen LogP contribution in [-0.2, 0) is 11.2 Å². The van der Waals surface area contributed by atoms with Gasteiger partial charge in [0.2, 0.25) is 0 Å². The molecule has 1 aliphatic heterocycles. The molecular formula is C14H18FNO. The Morgan fingerprint density at radius 1 is 1.47 bits per heavy atom. The second-order valence-corrected chi connectivity index (χ2v) is 4.75. The zero-order valence-corrected chi connectivity index (χ0v) is 10.1. The van der Waals surface area contributed by atoms with E-state index in [1.807, 2.05) is 6.92 Å². The van der Waals surface area contributed by atoms with Gasteiger partial charge in [-0.2, -0.15) is 0 Å². The molecule has 0 spiro atoms. The maximum atomic E-state index is 13.5. The summed E-state index contributed by atoms with van der Waals surface area (Å²) >= 11 is 0. The minimum absolute atomic E-state index is 0.162. The monoisotopic (exact) mass is 235 g/mol. The minimum Gasteiger partial charge on any atom is -0.316 e. The van der Waals surface area contributed by atoms with Gasteiger partial charge in [-0.1, -0.05) is 25.1 Å². The van der Waals surface area contributed by atoms with Crippen molar-refractivity contribution >= 4 is 5.78 Å². The zero-order valence-electron chi connectivity index (χ0n) is 10.1. The molecule has 0 aromatic heterocycles. The Labute approximate surface area is 101 Å². The lowest BCUT2D eigenvalue weighted by Crippen LogP contribution is -2.34. The standard InChI is InChI=1S/C14H18FNO/c1-2-14(7-8-16-10-14)13(17)9-11-5-3-4-6-12(11)15/h3-6,16H,2,7-10H2,1H3. The lowest BCUT2D eigenvalue weighted by Gasteiger charge is -2.24. The highest BCUT2D eigenvalue weighted by Crippen LogP contribution is 2.31. The number of carbonyl (C=O) groups is 1. The summed E-state index contributed by atoms with van der Waals surface area (Å²) in [5.41, 5.74) is 0.236. The van der Waals surface area contributed by atoms with Crippen molar-refractivity contribution in [2.24, 2.45) is 5.41 Å². The number of ketones is 1. The Hall–Kier alpha value is -1.22. The van der Waals surface area contributed by atoms with Crippen molar-refractivity contribution in [1.29, 1.82) is 0 Å². The fraction of sp³-hybridized carbons (Fsp3) is 0.500. The molecule has 2 nitrogen and oxygen atoms in total. The lowest BCUT2D eigenvalue weighted by atomic mass is 9.78. The molecule has 0 aliphatic carbocycles. The molecule has 1 aromatic carbocycles. The van der Waals surface area contributed by atoms with Crippen molar-refractivity contribution in [3.05, 3.63) is 35.6 Å². The largest absolute Gasteiger partial charge is 0.316 e. The van der Waals surface area contributed by atoms with Crippen LogP contribution in [0.25, 0.3) is 0 Å². The van der Waals surface area contributed by atoms with Gasteiger partial charge >= 0.3 is 0 Å². The van der Waals surface area contributed by atoms with Crippen LogP contribution >= 0.6 is 0 Å². The fourth-order valence-electron chi connectivity index (χ4n) is 2.48. The zero-order chi connectivity index (χ0) is 12.3. The highest BCUT2D eigenvalue weighted by atomic mass is 19.1. The quantitative estimate of drug-likeness (QED) is 0.867. The summed E-state index contributed by atoms with van der Waals surface area (Å²) < 4.78 is 13.5. The van der Waals surface area contributed by atoms with Gasteiger partial charge < -0.3 is 5.32 Å². The molecule has 1 unspecified atom stereocenters. The Balaban J connectivity index is 2.14. The second kappa shape index (κ2) is 4.96. The molecule has 0 amide bonds. The molecule has 1 heterocycles. The van der Waals surface area contributed by atoms with Crippen LogP contribution in [0, 0.1) is 11.2 Å². The smallest absolute Gasteiger partial charge is 0.144 e. The molecule has 1 fully saturated rings. The number of nitrogens with one attached hydrogen (secondary N) is 1. The van der Waals surface area contributed by atoms with Crippen molar-refractivity contribution in [2.45, 2.75) is 26.2 Å². The third-order valence-corrected chi connectivity index (χ3v) is 3.82. The van der Waals surface area contributed by atoms with Crippen LogP contribution in [0.1, 0.15) is 25.3 Å². The molecule has 3 heteroatoms. The number of hydrogen-bond donors (Lipinski definition) is 1. The van der Waals surface area contributed by atoms with Gasteiger partial charge in [0.15, 0.2) is 0 Å². The molecule has 0 radical (unpaired) electrons. The number of carbonyl (C=O) groups excluding carboxylic acids is 1. The molecule has 1 saturated heterocycles. The summed E-state index contributed by atoms with van der Waals surface area (Å²) in [6.45, 7) is 3.65. The SMILES string of the molecule is CCC1(C(=O)Cc2ccccc2F)CCNC1. The molecule has 1 atom stereocenters.